The van der Waals surface area contributed by atoms with Crippen molar-refractivity contribution in [3.8, 4) is 0 Å². The Labute approximate surface area is 111 Å². The van der Waals surface area contributed by atoms with Gasteiger partial charge in [-0.2, -0.15) is 0 Å². The summed E-state index contributed by atoms with van der Waals surface area (Å²) in [5.74, 6) is -2.18. The number of sulfonamides is 1. The second-order valence-electron chi connectivity index (χ2n) is 3.19. The van der Waals surface area contributed by atoms with E-state index in [1.54, 1.807) is 22.6 Å². The molecule has 17 heavy (non-hydrogen) atoms. The van der Waals surface area contributed by atoms with Gasteiger partial charge in [-0.15, -0.1) is 0 Å². The number of rotatable bonds is 5. The van der Waals surface area contributed by atoms with Gasteiger partial charge in [-0.3, -0.25) is 9.52 Å². The second-order valence-corrected chi connectivity index (χ2v) is 6.19. The van der Waals surface area contributed by atoms with Crippen LogP contribution in [0.15, 0.2) is 18.2 Å². The van der Waals surface area contributed by atoms with E-state index in [2.05, 4.69) is 4.72 Å². The van der Waals surface area contributed by atoms with Crippen molar-refractivity contribution in [2.24, 2.45) is 0 Å². The Morgan fingerprint density at radius 1 is 1.47 bits per heavy atom. The average molecular weight is 373 g/mol. The highest BCUT2D eigenvalue weighted by Gasteiger charge is 2.14. The zero-order chi connectivity index (χ0) is 13.1. The second kappa shape index (κ2) is 5.63. The Bertz CT molecular complexity index is 532. The lowest BCUT2D eigenvalue weighted by Crippen LogP contribution is -2.19. The van der Waals surface area contributed by atoms with Crippen molar-refractivity contribution in [1.29, 1.82) is 0 Å². The Kier molecular flexibility index (Phi) is 4.69. The maximum Gasteiger partial charge on any atom is 0.304 e. The molecule has 0 aliphatic rings. The van der Waals surface area contributed by atoms with Crippen LogP contribution in [0.5, 0.6) is 0 Å². The number of benzene rings is 1. The molecule has 0 heterocycles. The molecule has 0 bridgehead atoms. The summed E-state index contributed by atoms with van der Waals surface area (Å²) < 4.78 is 38.3. The summed E-state index contributed by atoms with van der Waals surface area (Å²) in [5, 5.41) is 8.39. The minimum Gasteiger partial charge on any atom is -0.481 e. The van der Waals surface area contributed by atoms with Crippen LogP contribution in [0.2, 0.25) is 0 Å². The minimum atomic E-state index is -3.72. The molecule has 0 unspecified atom stereocenters. The molecule has 0 atom stereocenters. The lowest BCUT2D eigenvalue weighted by Gasteiger charge is -2.08. The topological polar surface area (TPSA) is 83.5 Å². The van der Waals surface area contributed by atoms with E-state index in [9.17, 15) is 17.6 Å². The Hall–Kier alpha value is -0.900. The van der Waals surface area contributed by atoms with E-state index in [0.29, 0.717) is 3.57 Å². The van der Waals surface area contributed by atoms with Crippen LogP contribution in [0.3, 0.4) is 0 Å². The molecule has 0 saturated carbocycles. The fraction of sp³-hybridized carbons (Fsp3) is 0.222. The Morgan fingerprint density at radius 3 is 2.65 bits per heavy atom. The number of carboxylic acid groups (broad SMARTS) is 1. The van der Waals surface area contributed by atoms with Crippen molar-refractivity contribution in [1.82, 2.24) is 0 Å². The van der Waals surface area contributed by atoms with Gasteiger partial charge in [0.05, 0.1) is 17.9 Å². The highest BCUT2D eigenvalue weighted by atomic mass is 127. The number of carboxylic acids is 1. The Balaban J connectivity index is 2.79. The number of nitrogens with one attached hydrogen (secondary N) is 1. The van der Waals surface area contributed by atoms with Crippen LogP contribution >= 0.6 is 22.6 Å². The van der Waals surface area contributed by atoms with Gasteiger partial charge in [0.25, 0.3) is 0 Å². The molecule has 0 spiro atoms. The summed E-state index contributed by atoms with van der Waals surface area (Å²) in [7, 11) is -3.72. The van der Waals surface area contributed by atoms with Crippen LogP contribution in [0.25, 0.3) is 0 Å². The van der Waals surface area contributed by atoms with Gasteiger partial charge in [0, 0.05) is 3.57 Å². The van der Waals surface area contributed by atoms with Crippen molar-refractivity contribution in [3.63, 3.8) is 0 Å². The predicted octanol–water partition coefficient (Wildman–Crippen LogP) is 1.65. The van der Waals surface area contributed by atoms with Crippen LogP contribution in [-0.4, -0.2) is 25.2 Å². The summed E-state index contributed by atoms with van der Waals surface area (Å²) in [6.45, 7) is 0. The first-order chi connectivity index (χ1) is 7.80. The number of aliphatic carboxylic acids is 1. The number of hydrogen-bond donors (Lipinski definition) is 2. The summed E-state index contributed by atoms with van der Waals surface area (Å²) in [6.07, 6.45) is -0.479. The van der Waals surface area contributed by atoms with Crippen LogP contribution in [0, 0.1) is 9.39 Å². The molecule has 2 N–H and O–H groups in total. The summed E-state index contributed by atoms with van der Waals surface area (Å²) in [5.41, 5.74) is 0.234. The fourth-order valence-electron chi connectivity index (χ4n) is 1.01. The summed E-state index contributed by atoms with van der Waals surface area (Å²) >= 11 is 1.78. The van der Waals surface area contributed by atoms with E-state index in [0.717, 1.165) is 6.07 Å². The highest BCUT2D eigenvalue weighted by molar-refractivity contribution is 14.1. The molecule has 8 heteroatoms. The van der Waals surface area contributed by atoms with Crippen molar-refractivity contribution in [2.45, 2.75) is 6.42 Å². The molecule has 0 amide bonds. The number of carbonyl (C=O) groups is 1. The number of anilines is 1. The normalized spacial score (nSPS) is 11.2. The Morgan fingerprint density at radius 2 is 2.12 bits per heavy atom. The standard InChI is InChI=1S/C9H9FINO4S/c10-6-1-2-8(7(11)5-6)12-17(15,16)4-3-9(13)14/h1-2,5,12H,3-4H2,(H,13,14). The zero-order valence-electron chi connectivity index (χ0n) is 8.48. The smallest absolute Gasteiger partial charge is 0.304 e. The highest BCUT2D eigenvalue weighted by Crippen LogP contribution is 2.20. The van der Waals surface area contributed by atoms with Crippen molar-refractivity contribution in [2.75, 3.05) is 10.5 Å². The van der Waals surface area contributed by atoms with Crippen molar-refractivity contribution >= 4 is 44.3 Å². The molecule has 1 rings (SSSR count). The predicted molar refractivity (Wildman–Crippen MR) is 68.8 cm³/mol. The van der Waals surface area contributed by atoms with Crippen LogP contribution in [0.4, 0.5) is 10.1 Å². The van der Waals surface area contributed by atoms with E-state index in [1.807, 2.05) is 0 Å². The lowest BCUT2D eigenvalue weighted by molar-refractivity contribution is -0.136. The van der Waals surface area contributed by atoms with Gasteiger partial charge in [0.1, 0.15) is 5.82 Å². The zero-order valence-corrected chi connectivity index (χ0v) is 11.5. The third-order valence-electron chi connectivity index (χ3n) is 1.78. The number of halogens is 2. The first kappa shape index (κ1) is 14.2. The molecule has 1 aromatic rings. The van der Waals surface area contributed by atoms with E-state index in [4.69, 9.17) is 5.11 Å². The molecule has 94 valence electrons. The quantitative estimate of drug-likeness (QED) is 0.769. The monoisotopic (exact) mass is 373 g/mol. The van der Waals surface area contributed by atoms with E-state index in [-0.39, 0.29) is 5.69 Å². The molecule has 5 nitrogen and oxygen atoms in total. The molecule has 0 aliphatic heterocycles. The first-order valence-electron chi connectivity index (χ1n) is 4.47. The van der Waals surface area contributed by atoms with Gasteiger partial charge in [-0.1, -0.05) is 0 Å². The van der Waals surface area contributed by atoms with Crippen LogP contribution < -0.4 is 4.72 Å². The van der Waals surface area contributed by atoms with Gasteiger partial charge >= 0.3 is 5.97 Å². The van der Waals surface area contributed by atoms with Gasteiger partial charge in [0.2, 0.25) is 10.0 Å². The molecule has 0 saturated heterocycles. The van der Waals surface area contributed by atoms with Crippen molar-refractivity contribution < 1.29 is 22.7 Å². The lowest BCUT2D eigenvalue weighted by atomic mass is 10.3. The van der Waals surface area contributed by atoms with Gasteiger partial charge in [-0.05, 0) is 40.8 Å². The SMILES string of the molecule is O=C(O)CCS(=O)(=O)Nc1ccc(F)cc1I. The maximum absolute atomic E-state index is 12.8. The largest absolute Gasteiger partial charge is 0.481 e. The van der Waals surface area contributed by atoms with E-state index < -0.39 is 34.0 Å². The minimum absolute atomic E-state index is 0.234. The van der Waals surface area contributed by atoms with Gasteiger partial charge < -0.3 is 5.11 Å². The molecular weight excluding hydrogens is 364 g/mol. The summed E-state index contributed by atoms with van der Waals surface area (Å²) in [6, 6.07) is 3.59. The van der Waals surface area contributed by atoms with Crippen LogP contribution in [0.1, 0.15) is 6.42 Å². The third-order valence-corrected chi connectivity index (χ3v) is 3.95. The number of hydrogen-bond acceptors (Lipinski definition) is 3. The molecule has 0 radical (unpaired) electrons. The van der Waals surface area contributed by atoms with Gasteiger partial charge in [-0.25, -0.2) is 12.8 Å². The van der Waals surface area contributed by atoms with E-state index >= 15 is 0 Å². The van der Waals surface area contributed by atoms with Crippen LogP contribution in [-0.2, 0) is 14.8 Å². The first-order valence-corrected chi connectivity index (χ1v) is 7.20. The molecule has 1 aromatic carbocycles. The molecule has 0 aromatic heterocycles. The van der Waals surface area contributed by atoms with Crippen molar-refractivity contribution in [3.05, 3.63) is 27.6 Å². The van der Waals surface area contributed by atoms with E-state index in [1.165, 1.54) is 12.1 Å². The third kappa shape index (κ3) is 4.86. The fourth-order valence-corrected chi connectivity index (χ4v) is 2.87. The maximum atomic E-state index is 12.8. The molecular formula is C9H9FINO4S. The van der Waals surface area contributed by atoms with Gasteiger partial charge in [0.15, 0.2) is 0 Å². The average Bonchev–Trinajstić information content (AvgIpc) is 2.20. The molecule has 0 fully saturated rings. The molecule has 0 aliphatic carbocycles. The summed E-state index contributed by atoms with van der Waals surface area (Å²) in [4.78, 5) is 10.3.